The van der Waals surface area contributed by atoms with E-state index in [4.69, 9.17) is 15.6 Å². The number of aliphatic hydroxyl groups is 1. The van der Waals surface area contributed by atoms with Crippen LogP contribution in [0.4, 0.5) is 5.69 Å². The van der Waals surface area contributed by atoms with Crippen molar-refractivity contribution in [3.05, 3.63) is 23.8 Å². The molecule has 3 N–H and O–H groups in total. The lowest BCUT2D eigenvalue weighted by Crippen LogP contribution is -2.29. The van der Waals surface area contributed by atoms with Crippen molar-refractivity contribution >= 4 is 11.6 Å². The number of hydrogen-bond donors (Lipinski definition) is 2. The topological polar surface area (TPSA) is 75.8 Å². The van der Waals surface area contributed by atoms with Crippen molar-refractivity contribution in [2.75, 3.05) is 32.5 Å². The molecular weight excluding hydrogens is 280 g/mol. The summed E-state index contributed by atoms with van der Waals surface area (Å²) in [6.45, 7) is 5.31. The molecule has 0 aliphatic rings. The zero-order chi connectivity index (χ0) is 16.5. The smallest absolute Gasteiger partial charge is 0.222 e. The lowest BCUT2D eigenvalue weighted by molar-refractivity contribution is -0.130. The first-order valence-corrected chi connectivity index (χ1v) is 7.80. The molecule has 5 nitrogen and oxygen atoms in total. The molecule has 0 unspecified atom stereocenters. The molecule has 1 aromatic rings. The van der Waals surface area contributed by atoms with Crippen molar-refractivity contribution in [2.24, 2.45) is 5.92 Å². The molecule has 0 saturated carbocycles. The fourth-order valence-corrected chi connectivity index (χ4v) is 2.01. The molecule has 0 atom stereocenters. The maximum absolute atomic E-state index is 11.8. The molecule has 22 heavy (non-hydrogen) atoms. The van der Waals surface area contributed by atoms with Crippen molar-refractivity contribution in [1.29, 1.82) is 0 Å². The molecule has 0 fully saturated rings. The predicted octanol–water partition coefficient (Wildman–Crippen LogP) is 2.08. The standard InChI is InChI=1S/C17H28N2O3/c1-13(2)8-11-22-16-6-4-14(12-15(16)18)5-7-17(21)19(3)9-10-20/h4,6,12-13,20H,5,7-11,18H2,1-3H3. The Labute approximate surface area is 133 Å². The first kappa shape index (κ1) is 18.3. The average Bonchev–Trinajstić information content (AvgIpc) is 2.46. The fraction of sp³-hybridized carbons (Fsp3) is 0.588. The summed E-state index contributed by atoms with van der Waals surface area (Å²) in [4.78, 5) is 13.4. The molecule has 1 rings (SSSR count). The van der Waals surface area contributed by atoms with E-state index in [9.17, 15) is 4.79 Å². The number of aliphatic hydroxyl groups excluding tert-OH is 1. The first-order valence-electron chi connectivity index (χ1n) is 7.80. The zero-order valence-electron chi connectivity index (χ0n) is 13.8. The second-order valence-electron chi connectivity index (χ2n) is 5.94. The number of anilines is 1. The van der Waals surface area contributed by atoms with Gasteiger partial charge in [-0.1, -0.05) is 19.9 Å². The van der Waals surface area contributed by atoms with Gasteiger partial charge in [-0.3, -0.25) is 4.79 Å². The van der Waals surface area contributed by atoms with E-state index in [2.05, 4.69) is 13.8 Å². The van der Waals surface area contributed by atoms with Gasteiger partial charge in [-0.2, -0.15) is 0 Å². The summed E-state index contributed by atoms with van der Waals surface area (Å²) in [7, 11) is 1.69. The van der Waals surface area contributed by atoms with Crippen LogP contribution < -0.4 is 10.5 Å². The Hall–Kier alpha value is -1.75. The van der Waals surface area contributed by atoms with Crippen molar-refractivity contribution in [3.8, 4) is 5.75 Å². The third-order valence-corrected chi connectivity index (χ3v) is 3.52. The Morgan fingerprint density at radius 2 is 2.14 bits per heavy atom. The molecule has 0 aliphatic carbocycles. The van der Waals surface area contributed by atoms with Crippen LogP contribution in [0.3, 0.4) is 0 Å². The van der Waals surface area contributed by atoms with Gasteiger partial charge in [0.15, 0.2) is 0 Å². The Bertz CT molecular complexity index is 475. The van der Waals surface area contributed by atoms with Gasteiger partial charge >= 0.3 is 0 Å². The third-order valence-electron chi connectivity index (χ3n) is 3.52. The zero-order valence-corrected chi connectivity index (χ0v) is 13.8. The van der Waals surface area contributed by atoms with E-state index in [1.165, 1.54) is 4.90 Å². The Kier molecular flexibility index (Phi) is 7.74. The summed E-state index contributed by atoms with van der Waals surface area (Å²) in [6, 6.07) is 5.68. The van der Waals surface area contributed by atoms with Crippen LogP contribution >= 0.6 is 0 Å². The van der Waals surface area contributed by atoms with Crippen LogP contribution in [0.2, 0.25) is 0 Å². The van der Waals surface area contributed by atoms with Gasteiger partial charge in [0.05, 0.1) is 18.9 Å². The maximum atomic E-state index is 11.8. The van der Waals surface area contributed by atoms with Crippen molar-refractivity contribution < 1.29 is 14.6 Å². The summed E-state index contributed by atoms with van der Waals surface area (Å²) in [6.07, 6.45) is 2.03. The summed E-state index contributed by atoms with van der Waals surface area (Å²) in [5, 5.41) is 8.82. The quantitative estimate of drug-likeness (QED) is 0.685. The van der Waals surface area contributed by atoms with Crippen LogP contribution in [0.15, 0.2) is 18.2 Å². The minimum Gasteiger partial charge on any atom is -0.491 e. The average molecular weight is 308 g/mol. The predicted molar refractivity (Wildman–Crippen MR) is 88.8 cm³/mol. The highest BCUT2D eigenvalue weighted by atomic mass is 16.5. The molecule has 0 spiro atoms. The van der Waals surface area contributed by atoms with Gasteiger partial charge in [-0.15, -0.1) is 0 Å². The third kappa shape index (κ3) is 6.35. The number of aryl methyl sites for hydroxylation is 1. The van der Waals surface area contributed by atoms with Gasteiger partial charge in [-0.05, 0) is 36.5 Å². The van der Waals surface area contributed by atoms with Crippen LogP contribution in [-0.2, 0) is 11.2 Å². The molecule has 0 heterocycles. The maximum Gasteiger partial charge on any atom is 0.222 e. The highest BCUT2D eigenvalue weighted by Gasteiger charge is 2.09. The normalized spacial score (nSPS) is 10.8. The lowest BCUT2D eigenvalue weighted by Gasteiger charge is -2.16. The summed E-state index contributed by atoms with van der Waals surface area (Å²) >= 11 is 0. The number of carbonyl (C=O) groups is 1. The molecule has 0 aromatic heterocycles. The van der Waals surface area contributed by atoms with E-state index >= 15 is 0 Å². The SMILES string of the molecule is CC(C)CCOc1ccc(CCC(=O)N(C)CCO)cc1N. The van der Waals surface area contributed by atoms with Crippen LogP contribution in [0.25, 0.3) is 0 Å². The second kappa shape index (κ2) is 9.30. The molecule has 0 aliphatic heterocycles. The van der Waals surface area contributed by atoms with E-state index in [0.29, 0.717) is 43.3 Å². The Morgan fingerprint density at radius 1 is 1.41 bits per heavy atom. The van der Waals surface area contributed by atoms with Gasteiger partial charge in [0.25, 0.3) is 0 Å². The molecule has 1 aromatic carbocycles. The molecular formula is C17H28N2O3. The monoisotopic (exact) mass is 308 g/mol. The number of rotatable bonds is 9. The number of benzene rings is 1. The van der Waals surface area contributed by atoms with E-state index in [1.807, 2.05) is 18.2 Å². The number of nitrogens with two attached hydrogens (primary N) is 1. The minimum absolute atomic E-state index is 0.0163. The summed E-state index contributed by atoms with van der Waals surface area (Å²) in [5.74, 6) is 1.32. The molecule has 0 radical (unpaired) electrons. The van der Waals surface area contributed by atoms with Gasteiger partial charge < -0.3 is 20.5 Å². The van der Waals surface area contributed by atoms with Gasteiger partial charge in [0.1, 0.15) is 5.75 Å². The number of ether oxygens (including phenoxy) is 1. The van der Waals surface area contributed by atoms with Crippen molar-refractivity contribution in [3.63, 3.8) is 0 Å². The van der Waals surface area contributed by atoms with E-state index in [0.717, 1.165) is 12.0 Å². The Balaban J connectivity index is 2.49. The number of nitrogen functional groups attached to an aromatic ring is 1. The molecule has 124 valence electrons. The van der Waals surface area contributed by atoms with Gasteiger partial charge in [0.2, 0.25) is 5.91 Å². The van der Waals surface area contributed by atoms with Crippen molar-refractivity contribution in [1.82, 2.24) is 4.90 Å². The number of carbonyl (C=O) groups excluding carboxylic acids is 1. The summed E-state index contributed by atoms with van der Waals surface area (Å²) < 4.78 is 5.67. The largest absolute Gasteiger partial charge is 0.491 e. The first-order chi connectivity index (χ1) is 10.4. The van der Waals surface area contributed by atoms with Crippen LogP contribution in [-0.4, -0.2) is 42.7 Å². The minimum atomic E-state index is -0.0163. The number of likely N-dealkylation sites (N-methyl/N-ethyl adjacent to an activating group) is 1. The second-order valence-corrected chi connectivity index (χ2v) is 5.94. The van der Waals surface area contributed by atoms with E-state index in [1.54, 1.807) is 7.05 Å². The van der Waals surface area contributed by atoms with E-state index in [-0.39, 0.29) is 12.5 Å². The van der Waals surface area contributed by atoms with Crippen LogP contribution in [0.5, 0.6) is 5.75 Å². The Morgan fingerprint density at radius 3 is 2.73 bits per heavy atom. The highest BCUT2D eigenvalue weighted by Crippen LogP contribution is 2.23. The fourth-order valence-electron chi connectivity index (χ4n) is 2.01. The van der Waals surface area contributed by atoms with Crippen molar-refractivity contribution in [2.45, 2.75) is 33.1 Å². The number of nitrogens with zero attached hydrogens (tertiary/aromatic N) is 1. The van der Waals surface area contributed by atoms with Gasteiger partial charge in [-0.25, -0.2) is 0 Å². The van der Waals surface area contributed by atoms with Crippen LogP contribution in [0.1, 0.15) is 32.3 Å². The molecule has 0 saturated heterocycles. The molecule has 5 heteroatoms. The summed E-state index contributed by atoms with van der Waals surface area (Å²) in [5.41, 5.74) is 7.62. The number of hydrogen-bond acceptors (Lipinski definition) is 4. The lowest BCUT2D eigenvalue weighted by atomic mass is 10.1. The van der Waals surface area contributed by atoms with Crippen LogP contribution in [0, 0.1) is 5.92 Å². The molecule has 0 bridgehead atoms. The van der Waals surface area contributed by atoms with Gasteiger partial charge in [0, 0.05) is 20.0 Å². The van der Waals surface area contributed by atoms with E-state index < -0.39 is 0 Å². The molecule has 1 amide bonds. The highest BCUT2D eigenvalue weighted by molar-refractivity contribution is 5.76. The number of amides is 1.